The molecule has 0 aromatic heterocycles. The van der Waals surface area contributed by atoms with Crippen molar-refractivity contribution in [2.24, 2.45) is 0 Å². The normalized spacial score (nSPS) is 0.500. The van der Waals surface area contributed by atoms with E-state index in [0.717, 1.165) is 17.4 Å². The van der Waals surface area contributed by atoms with Crippen molar-refractivity contribution in [2.75, 3.05) is 0 Å². The second kappa shape index (κ2) is 50.7. The number of hydrogen-bond acceptors (Lipinski definition) is 1. The summed E-state index contributed by atoms with van der Waals surface area (Å²) in [5.41, 5.74) is 0. The predicted molar refractivity (Wildman–Crippen MR) is 1.80 cm³/mol. The van der Waals surface area contributed by atoms with Crippen LogP contribution < -0.4 is 18.9 Å². The molecule has 0 aromatic rings. The molecule has 0 heterocycles. The molecule has 0 bridgehead atoms. The molecule has 0 N–H and O–H groups in total. The van der Waals surface area contributed by atoms with Crippen molar-refractivity contribution in [2.45, 2.75) is 0 Å². The van der Waals surface area contributed by atoms with Crippen molar-refractivity contribution in [3.8, 4) is 0 Å². The summed E-state index contributed by atoms with van der Waals surface area (Å²) in [6.07, 6.45) is 0. The van der Waals surface area contributed by atoms with Crippen molar-refractivity contribution in [1.82, 2.24) is 0 Å². The fraction of sp³-hybridized carbons (Fsp3) is 0. The van der Waals surface area contributed by atoms with E-state index in [-0.39, 0.29) is 70.6 Å². The Bertz CT molecular complexity index is 19.7. The molecule has 0 fully saturated rings. The van der Waals surface area contributed by atoms with Gasteiger partial charge in [-0.15, -0.1) is 0 Å². The summed E-state index contributed by atoms with van der Waals surface area (Å²) in [5, 5.41) is 0. The average molecular weight is 247 g/mol. The molecule has 0 unspecified atom stereocenters. The summed E-state index contributed by atoms with van der Waals surface area (Å²) >= 11 is 1.06. The van der Waals surface area contributed by atoms with Gasteiger partial charge in [0.15, 0.2) is 0 Å². The van der Waals surface area contributed by atoms with Crippen molar-refractivity contribution in [3.63, 3.8) is 0 Å². The molecule has 0 atom stereocenters. The van der Waals surface area contributed by atoms with Gasteiger partial charge in [-0.1, -0.05) is 0 Å². The molecule has 0 aliphatic carbocycles. The Hall–Kier alpha value is 2.50. The maximum absolute atomic E-state index is 8.19. The van der Waals surface area contributed by atoms with Crippen LogP contribution in [-0.2, 0) is 71.4 Å². The summed E-state index contributed by atoms with van der Waals surface area (Å²) in [7, 11) is 0. The Balaban J connectivity index is -0.000000000500. The van der Waals surface area contributed by atoms with Gasteiger partial charge in [-0.25, -0.2) is 0 Å². The maximum atomic E-state index is 8.19. The monoisotopic (exact) mass is 247 g/mol. The minimum absolute atomic E-state index is 0. The van der Waals surface area contributed by atoms with E-state index in [1.54, 1.807) is 0 Å². The Morgan fingerprint density at radius 2 is 1.33 bits per heavy atom. The predicted octanol–water partition coefficient (Wildman–Crippen LogP) is -3.01. The molecule has 0 saturated heterocycles. The molecule has 0 rings (SSSR count). The molecule has 6 heavy (non-hydrogen) atoms. The first-order valence-electron chi connectivity index (χ1n) is 0.183. The van der Waals surface area contributed by atoms with E-state index in [2.05, 4.69) is 0 Å². The molecular formula is HCoLiMnNiOV. The van der Waals surface area contributed by atoms with Gasteiger partial charge in [-0.05, 0) is 0 Å². The van der Waals surface area contributed by atoms with E-state index in [1.165, 1.54) is 0 Å². The summed E-state index contributed by atoms with van der Waals surface area (Å²) in [6.45, 7) is 0. The first-order chi connectivity index (χ1) is 1.00. The SMILES string of the molecule is [Co].[H-].[Li+].[Mn].[Ni].[O]=[V]. The standard InChI is InChI=1S/Co.Li.Mn.Ni.O.V.H/q;+1;;;;;-1. The Morgan fingerprint density at radius 1 is 1.33 bits per heavy atom. The van der Waals surface area contributed by atoms with Crippen molar-refractivity contribution < 1.29 is 91.7 Å². The van der Waals surface area contributed by atoms with Gasteiger partial charge >= 0.3 is 39.9 Å². The number of rotatable bonds is 0. The average Bonchev–Trinajstić information content (AvgIpc) is 1.00. The molecule has 1 nitrogen and oxygen atoms in total. The molecule has 39 valence electrons. The van der Waals surface area contributed by atoms with E-state index in [1.807, 2.05) is 0 Å². The van der Waals surface area contributed by atoms with Crippen molar-refractivity contribution >= 4 is 0 Å². The van der Waals surface area contributed by atoms with Crippen LogP contribution in [0.4, 0.5) is 0 Å². The van der Waals surface area contributed by atoms with Crippen LogP contribution in [0.1, 0.15) is 1.43 Å². The second-order valence-electron chi connectivity index (χ2n) is 0. The summed E-state index contributed by atoms with van der Waals surface area (Å²) in [5.74, 6) is 0. The van der Waals surface area contributed by atoms with Gasteiger partial charge in [0.2, 0.25) is 0 Å². The molecule has 0 amide bonds. The molecule has 6 heteroatoms. The zero-order chi connectivity index (χ0) is 2.00. The van der Waals surface area contributed by atoms with Crippen LogP contribution in [0.15, 0.2) is 0 Å². The molecule has 0 aliphatic heterocycles. The third kappa shape index (κ3) is 31.4. The van der Waals surface area contributed by atoms with E-state index in [4.69, 9.17) is 3.67 Å². The van der Waals surface area contributed by atoms with Gasteiger partial charge < -0.3 is 1.43 Å². The van der Waals surface area contributed by atoms with Gasteiger partial charge in [0, 0.05) is 50.3 Å². The number of hydrogen-bond donors (Lipinski definition) is 0. The Kier molecular flexibility index (Phi) is 330. The first-order valence-corrected chi connectivity index (χ1v) is 0.753. The van der Waals surface area contributed by atoms with E-state index in [9.17, 15) is 0 Å². The Morgan fingerprint density at radius 3 is 1.33 bits per heavy atom. The first kappa shape index (κ1) is 39.0. The molecule has 0 aliphatic rings. The molecule has 0 aromatic carbocycles. The molecule has 0 saturated carbocycles. The molecular weight excluding hydrogens is 246 g/mol. The van der Waals surface area contributed by atoms with Gasteiger partial charge in [-0.2, -0.15) is 0 Å². The van der Waals surface area contributed by atoms with Crippen LogP contribution >= 0.6 is 0 Å². The Labute approximate surface area is 90.6 Å². The van der Waals surface area contributed by atoms with Gasteiger partial charge in [-0.3, -0.25) is 0 Å². The summed E-state index contributed by atoms with van der Waals surface area (Å²) < 4.78 is 8.19. The van der Waals surface area contributed by atoms with Crippen LogP contribution in [0.5, 0.6) is 0 Å². The second-order valence-corrected chi connectivity index (χ2v) is 0. The van der Waals surface area contributed by atoms with Gasteiger partial charge in [0.1, 0.15) is 0 Å². The zero-order valence-corrected chi connectivity index (χ0v) is 7.49. The fourth-order valence-corrected chi connectivity index (χ4v) is 0. The third-order valence-corrected chi connectivity index (χ3v) is 0. The zero-order valence-electron chi connectivity index (χ0n) is 3.88. The van der Waals surface area contributed by atoms with Crippen LogP contribution in [-0.4, -0.2) is 0 Å². The van der Waals surface area contributed by atoms with Crippen molar-refractivity contribution in [1.29, 1.82) is 0 Å². The van der Waals surface area contributed by atoms with Crippen LogP contribution in [0, 0.1) is 0 Å². The van der Waals surface area contributed by atoms with E-state index in [0.29, 0.717) is 0 Å². The molecule has 0 spiro atoms. The molecule has 2 radical (unpaired) electrons. The van der Waals surface area contributed by atoms with E-state index < -0.39 is 0 Å². The fourth-order valence-electron chi connectivity index (χ4n) is 0. The van der Waals surface area contributed by atoms with E-state index >= 15 is 0 Å². The van der Waals surface area contributed by atoms with Crippen LogP contribution in [0.2, 0.25) is 0 Å². The summed E-state index contributed by atoms with van der Waals surface area (Å²) in [6, 6.07) is 0. The van der Waals surface area contributed by atoms with Crippen molar-refractivity contribution in [3.05, 3.63) is 0 Å². The topological polar surface area (TPSA) is 17.1 Å². The van der Waals surface area contributed by atoms with Crippen LogP contribution in [0.3, 0.4) is 0 Å². The minimum atomic E-state index is 0. The quantitative estimate of drug-likeness (QED) is 0.417. The summed E-state index contributed by atoms with van der Waals surface area (Å²) in [4.78, 5) is 0. The van der Waals surface area contributed by atoms with Gasteiger partial charge in [0.05, 0.1) is 0 Å². The van der Waals surface area contributed by atoms with Crippen LogP contribution in [0.25, 0.3) is 0 Å². The van der Waals surface area contributed by atoms with Gasteiger partial charge in [0.25, 0.3) is 0 Å². The third-order valence-electron chi connectivity index (χ3n) is 0.